The molecule has 0 saturated heterocycles. The fraction of sp³-hybridized carbons (Fsp3) is 0.125. The van der Waals surface area contributed by atoms with Crippen molar-refractivity contribution in [3.63, 3.8) is 0 Å². The van der Waals surface area contributed by atoms with E-state index in [0.29, 0.717) is 5.69 Å². The lowest BCUT2D eigenvalue weighted by molar-refractivity contribution is -0.137. The summed E-state index contributed by atoms with van der Waals surface area (Å²) in [5.41, 5.74) is 0.492. The van der Waals surface area contributed by atoms with Crippen LogP contribution in [-0.4, -0.2) is 35.5 Å². The highest BCUT2D eigenvalue weighted by molar-refractivity contribution is 6.31. The Morgan fingerprint density at radius 3 is 2.55 bits per heavy atom. The number of benzene rings is 4. The Morgan fingerprint density at radius 2 is 1.80 bits per heavy atom. The van der Waals surface area contributed by atoms with E-state index in [1.54, 1.807) is 30.3 Å². The Labute approximate surface area is 254 Å². The van der Waals surface area contributed by atoms with Gasteiger partial charge >= 0.3 is 6.18 Å². The summed E-state index contributed by atoms with van der Waals surface area (Å²) in [6.07, 6.45) is -3.38. The van der Waals surface area contributed by atoms with Gasteiger partial charge in [0.2, 0.25) is 0 Å². The number of hydrogen-bond donors (Lipinski definition) is 1. The average molecular weight is 621 g/mol. The molecule has 1 N–H and O–H groups in total. The first-order chi connectivity index (χ1) is 21.0. The molecule has 1 aromatic heterocycles. The first-order valence-electron chi connectivity index (χ1n) is 13.1. The molecule has 0 radical (unpaired) electrons. The molecule has 0 aliphatic heterocycles. The van der Waals surface area contributed by atoms with E-state index in [-0.39, 0.29) is 44.4 Å². The Morgan fingerprint density at radius 1 is 1.05 bits per heavy atom. The Balaban J connectivity index is 1.56. The maximum Gasteiger partial charge on any atom is 0.416 e. The summed E-state index contributed by atoms with van der Waals surface area (Å²) < 4.78 is 52.7. The van der Waals surface area contributed by atoms with Gasteiger partial charge in [0.15, 0.2) is 23.9 Å². The molecular weight excluding hydrogens is 597 g/mol. The van der Waals surface area contributed by atoms with Crippen LogP contribution in [0.25, 0.3) is 22.3 Å². The topological polar surface area (TPSA) is 94.8 Å². The summed E-state index contributed by atoms with van der Waals surface area (Å²) in [7, 11) is 1.39. The van der Waals surface area contributed by atoms with Crippen LogP contribution in [0.4, 0.5) is 18.9 Å². The van der Waals surface area contributed by atoms with Crippen molar-refractivity contribution >= 4 is 40.3 Å². The molecule has 224 valence electrons. The van der Waals surface area contributed by atoms with Crippen molar-refractivity contribution in [3.8, 4) is 22.9 Å². The summed E-state index contributed by atoms with van der Waals surface area (Å²) in [5.74, 6) is -0.279. The lowest BCUT2D eigenvalue weighted by Crippen LogP contribution is -2.22. The van der Waals surface area contributed by atoms with Gasteiger partial charge in [-0.2, -0.15) is 22.9 Å². The molecule has 0 bridgehead atoms. The third-order valence-corrected chi connectivity index (χ3v) is 6.77. The molecule has 0 aliphatic rings. The van der Waals surface area contributed by atoms with Gasteiger partial charge in [0, 0.05) is 27.9 Å². The van der Waals surface area contributed by atoms with Crippen molar-refractivity contribution in [1.29, 1.82) is 0 Å². The Hall–Kier alpha value is -5.16. The molecule has 0 saturated carbocycles. The molecule has 1 amide bonds. The lowest BCUT2D eigenvalue weighted by atomic mass is 10.1. The Bertz CT molecular complexity index is 1960. The molecular formula is C32H24ClF3N4O4. The van der Waals surface area contributed by atoms with Gasteiger partial charge in [0.25, 0.3) is 11.5 Å². The van der Waals surface area contributed by atoms with E-state index < -0.39 is 29.8 Å². The van der Waals surface area contributed by atoms with Gasteiger partial charge < -0.3 is 14.8 Å². The van der Waals surface area contributed by atoms with E-state index in [2.05, 4.69) is 15.4 Å². The number of halogens is 4. The number of alkyl halides is 3. The molecule has 0 fully saturated rings. The van der Waals surface area contributed by atoms with Crippen LogP contribution in [0, 0.1) is 6.92 Å². The van der Waals surface area contributed by atoms with Crippen LogP contribution in [0.2, 0.25) is 5.02 Å². The number of anilines is 1. The van der Waals surface area contributed by atoms with Gasteiger partial charge in [-0.25, -0.2) is 4.98 Å². The summed E-state index contributed by atoms with van der Waals surface area (Å²) in [5, 5.41) is 7.53. The van der Waals surface area contributed by atoms with Crippen molar-refractivity contribution < 1.29 is 27.4 Å². The minimum Gasteiger partial charge on any atom is -0.493 e. The summed E-state index contributed by atoms with van der Waals surface area (Å²) in [6.45, 7) is 1.45. The average Bonchev–Trinajstić information content (AvgIpc) is 3.00. The number of rotatable bonds is 8. The molecule has 12 heteroatoms. The SMILES string of the molecule is COc1cc(Cl)cc(C=Nn2c(-c3cccc(C(F)(F)F)c3)nc3ccccc3c2=O)c1OCC(=O)Nc1ccccc1C. The van der Waals surface area contributed by atoms with Crippen LogP contribution < -0.4 is 20.3 Å². The van der Waals surface area contributed by atoms with E-state index >= 15 is 0 Å². The van der Waals surface area contributed by atoms with Gasteiger partial charge in [-0.1, -0.05) is 54.1 Å². The predicted molar refractivity (Wildman–Crippen MR) is 163 cm³/mol. The number of nitrogens with one attached hydrogen (secondary N) is 1. The minimum absolute atomic E-state index is 0.0212. The number of aromatic nitrogens is 2. The molecule has 1 heterocycles. The summed E-state index contributed by atoms with van der Waals surface area (Å²) >= 11 is 6.30. The number of hydrogen-bond acceptors (Lipinski definition) is 6. The zero-order chi connectivity index (χ0) is 31.4. The molecule has 5 rings (SSSR count). The first kappa shape index (κ1) is 30.3. The molecule has 4 aromatic carbocycles. The second-order valence-corrected chi connectivity index (χ2v) is 10.0. The van der Waals surface area contributed by atoms with Crippen molar-refractivity contribution in [3.05, 3.63) is 117 Å². The smallest absolute Gasteiger partial charge is 0.416 e. The molecule has 0 spiro atoms. The van der Waals surface area contributed by atoms with E-state index in [1.165, 1.54) is 43.7 Å². The third-order valence-electron chi connectivity index (χ3n) is 6.55. The summed E-state index contributed by atoms with van der Waals surface area (Å²) in [4.78, 5) is 30.7. The molecule has 0 unspecified atom stereocenters. The van der Waals surface area contributed by atoms with E-state index in [1.807, 2.05) is 19.1 Å². The highest BCUT2D eigenvalue weighted by Gasteiger charge is 2.31. The number of amides is 1. The monoisotopic (exact) mass is 620 g/mol. The number of fused-ring (bicyclic) bond motifs is 1. The van der Waals surface area contributed by atoms with Gasteiger partial charge in [0.1, 0.15) is 0 Å². The van der Waals surface area contributed by atoms with Gasteiger partial charge in [-0.15, -0.1) is 0 Å². The van der Waals surface area contributed by atoms with Crippen molar-refractivity contribution in [2.75, 3.05) is 19.0 Å². The largest absolute Gasteiger partial charge is 0.493 e. The number of methoxy groups -OCH3 is 1. The highest BCUT2D eigenvalue weighted by Crippen LogP contribution is 2.35. The van der Waals surface area contributed by atoms with Crippen LogP contribution in [0.3, 0.4) is 0 Å². The van der Waals surface area contributed by atoms with Gasteiger partial charge in [-0.05, 0) is 48.9 Å². The van der Waals surface area contributed by atoms with Gasteiger partial charge in [0.05, 0.1) is 29.8 Å². The zero-order valence-corrected chi connectivity index (χ0v) is 24.1. The van der Waals surface area contributed by atoms with Crippen LogP contribution >= 0.6 is 11.6 Å². The number of ether oxygens (including phenoxy) is 2. The number of carbonyl (C=O) groups is 1. The van der Waals surface area contributed by atoms with Crippen LogP contribution in [0.1, 0.15) is 16.7 Å². The summed E-state index contributed by atoms with van der Waals surface area (Å²) in [6, 6.07) is 21.1. The number of aryl methyl sites for hydroxylation is 1. The highest BCUT2D eigenvalue weighted by atomic mass is 35.5. The van der Waals surface area contributed by atoms with Crippen LogP contribution in [-0.2, 0) is 11.0 Å². The zero-order valence-electron chi connectivity index (χ0n) is 23.4. The quantitative estimate of drug-likeness (QED) is 0.189. The van der Waals surface area contributed by atoms with Crippen molar-refractivity contribution in [2.24, 2.45) is 5.10 Å². The van der Waals surface area contributed by atoms with E-state index in [9.17, 15) is 22.8 Å². The van der Waals surface area contributed by atoms with Crippen LogP contribution in [0.5, 0.6) is 11.5 Å². The number of nitrogens with zero attached hydrogens (tertiary/aromatic N) is 3. The second kappa shape index (κ2) is 12.6. The third kappa shape index (κ3) is 6.57. The van der Waals surface area contributed by atoms with E-state index in [0.717, 1.165) is 22.4 Å². The molecule has 44 heavy (non-hydrogen) atoms. The fourth-order valence-corrected chi connectivity index (χ4v) is 4.62. The maximum absolute atomic E-state index is 13.6. The van der Waals surface area contributed by atoms with E-state index in [4.69, 9.17) is 21.1 Å². The maximum atomic E-state index is 13.6. The number of carbonyl (C=O) groups excluding carboxylic acids is 1. The molecule has 8 nitrogen and oxygen atoms in total. The van der Waals surface area contributed by atoms with Crippen molar-refractivity contribution in [1.82, 2.24) is 9.66 Å². The molecule has 0 atom stereocenters. The second-order valence-electron chi connectivity index (χ2n) is 9.57. The number of para-hydroxylation sites is 2. The van der Waals surface area contributed by atoms with Crippen molar-refractivity contribution in [2.45, 2.75) is 13.1 Å². The minimum atomic E-state index is -4.61. The molecule has 0 aliphatic carbocycles. The fourth-order valence-electron chi connectivity index (χ4n) is 4.40. The lowest BCUT2D eigenvalue weighted by Gasteiger charge is -2.15. The van der Waals surface area contributed by atoms with Gasteiger partial charge in [-0.3, -0.25) is 9.59 Å². The molecule has 5 aromatic rings. The Kier molecular flexibility index (Phi) is 8.68. The normalized spacial score (nSPS) is 11.6. The standard InChI is InChI=1S/C32H24ClF3N4O4/c1-19-8-3-5-12-25(19)38-28(41)18-44-29-21(15-23(33)16-27(29)43-2)17-37-40-30(20-9-7-10-22(14-20)32(34,35)36)39-26-13-6-4-11-24(26)31(40)42/h3-17H,18H2,1-2H3,(H,38,41). The first-order valence-corrected chi connectivity index (χ1v) is 13.5. The predicted octanol–water partition coefficient (Wildman–Crippen LogP) is 6.95. The van der Waals surface area contributed by atoms with Crippen LogP contribution in [0.15, 0.2) is 94.8 Å².